The Bertz CT molecular complexity index is 952. The number of hydrogen-bond acceptors (Lipinski definition) is 4. The van der Waals surface area contributed by atoms with Crippen LogP contribution in [0.1, 0.15) is 99.8 Å². The molecule has 5 rings (SSSR count). The van der Waals surface area contributed by atoms with Gasteiger partial charge in [0.1, 0.15) is 0 Å². The van der Waals surface area contributed by atoms with Gasteiger partial charge in [0.25, 0.3) is 0 Å². The Morgan fingerprint density at radius 3 is 2.20 bits per heavy atom. The van der Waals surface area contributed by atoms with Gasteiger partial charge >= 0.3 is 5.97 Å². The molecule has 0 saturated heterocycles. The van der Waals surface area contributed by atoms with E-state index in [2.05, 4.69) is 47.6 Å². The molecular formula is C30H48O5. The van der Waals surface area contributed by atoms with Crippen LogP contribution >= 0.6 is 0 Å². The molecule has 0 radical (unpaired) electrons. The van der Waals surface area contributed by atoms with E-state index in [1.165, 1.54) is 5.57 Å². The second-order valence-electron chi connectivity index (χ2n) is 14.9. The van der Waals surface area contributed by atoms with E-state index in [0.717, 1.165) is 25.7 Å². The van der Waals surface area contributed by atoms with Crippen LogP contribution < -0.4 is 0 Å². The zero-order valence-electron chi connectivity index (χ0n) is 22.9. The van der Waals surface area contributed by atoms with E-state index in [0.29, 0.717) is 37.5 Å². The number of aliphatic hydroxyl groups excluding tert-OH is 2. The third-order valence-corrected chi connectivity index (χ3v) is 13.4. The van der Waals surface area contributed by atoms with E-state index in [1.54, 1.807) is 0 Å². The maximum absolute atomic E-state index is 12.8. The lowest BCUT2D eigenvalue weighted by Crippen LogP contribution is -2.67. The van der Waals surface area contributed by atoms with Crippen molar-refractivity contribution in [3.05, 3.63) is 11.6 Å². The first kappa shape index (κ1) is 25.7. The van der Waals surface area contributed by atoms with Gasteiger partial charge in [-0.25, -0.2) is 0 Å². The van der Waals surface area contributed by atoms with Gasteiger partial charge in [0.2, 0.25) is 0 Å². The van der Waals surface area contributed by atoms with Gasteiger partial charge in [0.05, 0.1) is 23.2 Å². The first-order valence-corrected chi connectivity index (χ1v) is 14.0. The van der Waals surface area contributed by atoms with Crippen LogP contribution in [0.4, 0.5) is 0 Å². The molecule has 0 aromatic heterocycles. The summed E-state index contributed by atoms with van der Waals surface area (Å²) in [7, 11) is 0. The van der Waals surface area contributed by atoms with Crippen molar-refractivity contribution in [1.82, 2.24) is 0 Å². The fourth-order valence-electron chi connectivity index (χ4n) is 10.9. The number of carboxylic acid groups (broad SMARTS) is 1. The molecular weight excluding hydrogens is 440 g/mol. The van der Waals surface area contributed by atoms with Crippen molar-refractivity contribution in [2.75, 3.05) is 0 Å². The van der Waals surface area contributed by atoms with Crippen LogP contribution in [0.5, 0.6) is 0 Å². The van der Waals surface area contributed by atoms with Crippen LogP contribution in [0.25, 0.3) is 0 Å². The summed E-state index contributed by atoms with van der Waals surface area (Å²) in [5.74, 6) is -0.263. The average molecular weight is 489 g/mol. The predicted molar refractivity (Wildman–Crippen MR) is 135 cm³/mol. The molecule has 4 N–H and O–H groups in total. The SMILES string of the molecule is CC1C2C3=CCC4C5(C)CC(O)C(O)C(C)(C)C5CCC4(C)C3(C)CCC2(C(=O)O)CCC1(C)O. The van der Waals surface area contributed by atoms with Crippen molar-refractivity contribution >= 4 is 5.97 Å². The highest BCUT2D eigenvalue weighted by Crippen LogP contribution is 2.75. The van der Waals surface area contributed by atoms with Crippen LogP contribution in [0.3, 0.4) is 0 Å². The minimum Gasteiger partial charge on any atom is -0.481 e. The lowest BCUT2D eigenvalue weighted by Gasteiger charge is -2.71. The quantitative estimate of drug-likeness (QED) is 0.382. The molecule has 0 aromatic carbocycles. The molecule has 0 aromatic rings. The molecule has 0 heterocycles. The summed E-state index contributed by atoms with van der Waals surface area (Å²) in [6.45, 7) is 15.4. The summed E-state index contributed by atoms with van der Waals surface area (Å²) in [6.07, 6.45) is 7.13. The third-order valence-electron chi connectivity index (χ3n) is 13.4. The van der Waals surface area contributed by atoms with Crippen molar-refractivity contribution in [1.29, 1.82) is 0 Å². The third kappa shape index (κ3) is 2.95. The average Bonchev–Trinajstić information content (AvgIpc) is 2.75. The molecule has 198 valence electrons. The normalized spacial score (nSPS) is 57.1. The smallest absolute Gasteiger partial charge is 0.310 e. The molecule has 0 aliphatic heterocycles. The second-order valence-corrected chi connectivity index (χ2v) is 14.9. The van der Waals surface area contributed by atoms with E-state index in [9.17, 15) is 25.2 Å². The summed E-state index contributed by atoms with van der Waals surface area (Å²) in [5, 5.41) is 43.7. The number of carbonyl (C=O) groups is 1. The minimum absolute atomic E-state index is 0.0197. The summed E-state index contributed by atoms with van der Waals surface area (Å²) >= 11 is 0. The molecule has 5 nitrogen and oxygen atoms in total. The van der Waals surface area contributed by atoms with Crippen LogP contribution in [0.2, 0.25) is 0 Å². The van der Waals surface area contributed by atoms with Crippen LogP contribution in [-0.4, -0.2) is 44.2 Å². The zero-order valence-corrected chi connectivity index (χ0v) is 22.9. The van der Waals surface area contributed by atoms with Crippen LogP contribution in [0, 0.1) is 50.7 Å². The van der Waals surface area contributed by atoms with Gasteiger partial charge in [-0.15, -0.1) is 0 Å². The Morgan fingerprint density at radius 1 is 0.943 bits per heavy atom. The standard InChI is InChI=1S/C30H48O5/c1-17-22-18-8-9-21-26(4)16-19(31)23(32)25(2,3)20(26)10-11-28(21,6)27(18,5)12-14-30(22,24(33)34)15-13-29(17,7)35/h8,17,19-23,31-32,35H,9-16H2,1-7H3,(H,33,34). The minimum atomic E-state index is -0.863. The van der Waals surface area contributed by atoms with Gasteiger partial charge in [-0.3, -0.25) is 4.79 Å². The number of carboxylic acids is 1. The number of rotatable bonds is 1. The molecule has 5 aliphatic rings. The van der Waals surface area contributed by atoms with E-state index in [1.807, 2.05) is 6.92 Å². The monoisotopic (exact) mass is 488 g/mol. The Hall–Kier alpha value is -0.910. The Balaban J connectivity index is 1.63. The predicted octanol–water partition coefficient (Wildman–Crippen LogP) is 5.18. The maximum atomic E-state index is 12.8. The van der Waals surface area contributed by atoms with Crippen LogP contribution in [-0.2, 0) is 4.79 Å². The summed E-state index contributed by atoms with van der Waals surface area (Å²) in [6, 6.07) is 0. The van der Waals surface area contributed by atoms with Crippen molar-refractivity contribution in [2.45, 2.75) is 118 Å². The van der Waals surface area contributed by atoms with Gasteiger partial charge < -0.3 is 20.4 Å². The molecule has 11 atom stereocenters. The summed E-state index contributed by atoms with van der Waals surface area (Å²) in [4.78, 5) is 12.8. The highest BCUT2D eigenvalue weighted by molar-refractivity contribution is 5.77. The second kappa shape index (κ2) is 7.35. The summed E-state index contributed by atoms with van der Waals surface area (Å²) < 4.78 is 0. The Kier molecular flexibility index (Phi) is 5.40. The fraction of sp³-hybridized carbons (Fsp3) is 0.900. The van der Waals surface area contributed by atoms with E-state index < -0.39 is 29.2 Å². The highest BCUT2D eigenvalue weighted by atomic mass is 16.4. The topological polar surface area (TPSA) is 98.0 Å². The molecule has 5 aliphatic carbocycles. The van der Waals surface area contributed by atoms with Crippen molar-refractivity contribution in [2.24, 2.45) is 50.7 Å². The highest BCUT2D eigenvalue weighted by Gasteiger charge is 2.71. The molecule has 35 heavy (non-hydrogen) atoms. The molecule has 11 unspecified atom stereocenters. The van der Waals surface area contributed by atoms with Gasteiger partial charge in [0.15, 0.2) is 0 Å². The largest absolute Gasteiger partial charge is 0.481 e. The van der Waals surface area contributed by atoms with Gasteiger partial charge in [-0.2, -0.15) is 0 Å². The van der Waals surface area contributed by atoms with E-state index >= 15 is 0 Å². The van der Waals surface area contributed by atoms with Crippen molar-refractivity contribution < 1.29 is 25.2 Å². The molecule has 4 saturated carbocycles. The summed E-state index contributed by atoms with van der Waals surface area (Å²) in [5.41, 5.74) is -0.961. The van der Waals surface area contributed by atoms with Gasteiger partial charge in [-0.05, 0) is 97.7 Å². The lowest BCUT2D eigenvalue weighted by molar-refractivity contribution is -0.234. The Morgan fingerprint density at radius 2 is 1.57 bits per heavy atom. The molecule has 5 heteroatoms. The van der Waals surface area contributed by atoms with E-state index in [4.69, 9.17) is 0 Å². The van der Waals surface area contributed by atoms with Gasteiger partial charge in [0, 0.05) is 5.92 Å². The number of hydrogen-bond donors (Lipinski definition) is 4. The molecule has 0 bridgehead atoms. The first-order valence-electron chi connectivity index (χ1n) is 14.0. The molecule has 0 amide bonds. The van der Waals surface area contributed by atoms with Crippen LogP contribution in [0.15, 0.2) is 11.6 Å². The number of allylic oxidation sites excluding steroid dienone is 2. The molecule has 0 spiro atoms. The maximum Gasteiger partial charge on any atom is 0.310 e. The lowest BCUT2D eigenvalue weighted by atomic mass is 9.33. The number of fused-ring (bicyclic) bond motifs is 7. The zero-order chi connectivity index (χ0) is 26.0. The van der Waals surface area contributed by atoms with Crippen molar-refractivity contribution in [3.63, 3.8) is 0 Å². The van der Waals surface area contributed by atoms with E-state index in [-0.39, 0.29) is 33.5 Å². The van der Waals surface area contributed by atoms with Crippen molar-refractivity contribution in [3.8, 4) is 0 Å². The number of aliphatic carboxylic acids is 1. The molecule has 4 fully saturated rings. The Labute approximate surface area is 211 Å². The first-order chi connectivity index (χ1) is 16.0. The number of aliphatic hydroxyl groups is 3. The van der Waals surface area contributed by atoms with Gasteiger partial charge in [-0.1, -0.05) is 53.2 Å². The fourth-order valence-corrected chi connectivity index (χ4v) is 10.9.